The van der Waals surface area contributed by atoms with Crippen LogP contribution in [-0.4, -0.2) is 31.3 Å². The highest BCUT2D eigenvalue weighted by molar-refractivity contribution is 6.94. The maximum absolute atomic E-state index is 2.61. The summed E-state index contributed by atoms with van der Waals surface area (Å²) in [5.41, 5.74) is 1.44. The van der Waals surface area contributed by atoms with E-state index >= 15 is 0 Å². The first-order chi connectivity index (χ1) is 6.86. The Balaban J connectivity index is 2.02. The van der Waals surface area contributed by atoms with E-state index in [4.69, 9.17) is 0 Å². The van der Waals surface area contributed by atoms with Crippen molar-refractivity contribution in [3.63, 3.8) is 0 Å². The monoisotopic (exact) mass is 201 g/mol. The molecule has 0 aliphatic carbocycles. The number of nitrogens with zero attached hydrogens (tertiary/aromatic N) is 1. The highest BCUT2D eigenvalue weighted by Crippen LogP contribution is 2.31. The summed E-state index contributed by atoms with van der Waals surface area (Å²) >= 11 is -0.752. The Kier molecular flexibility index (Phi) is 3.08. The van der Waals surface area contributed by atoms with E-state index in [0.717, 1.165) is 0 Å². The van der Waals surface area contributed by atoms with Gasteiger partial charge in [0, 0.05) is 0 Å². The lowest BCUT2D eigenvalue weighted by Gasteiger charge is -2.16. The topological polar surface area (TPSA) is 3.24 Å². The van der Waals surface area contributed by atoms with Crippen LogP contribution < -0.4 is 0 Å². The van der Waals surface area contributed by atoms with Gasteiger partial charge in [-0.1, -0.05) is 48.6 Å². The maximum atomic E-state index is 2.61. The zero-order valence-corrected chi connectivity index (χ0v) is 10.1. The van der Waals surface area contributed by atoms with Crippen LogP contribution >= 0.6 is 0 Å². The fraction of sp³-hybridized carbons (Fsp3) is 0.333. The Labute approximate surface area is 90.7 Å². The average molecular weight is 201 g/mol. The summed E-state index contributed by atoms with van der Waals surface area (Å²) in [6.07, 6.45) is 0. The van der Waals surface area contributed by atoms with Crippen molar-refractivity contribution in [2.24, 2.45) is 0 Å². The van der Waals surface area contributed by atoms with Crippen LogP contribution in [0.25, 0.3) is 4.44 Å². The lowest BCUT2D eigenvalue weighted by atomic mass is 10.2. The molecule has 0 fully saturated rings. The van der Waals surface area contributed by atoms with Crippen molar-refractivity contribution in [1.29, 1.82) is 0 Å². The summed E-state index contributed by atoms with van der Waals surface area (Å²) in [7, 11) is 0. The summed E-state index contributed by atoms with van der Waals surface area (Å²) in [4.78, 5) is 2.49. The van der Waals surface area contributed by atoms with Gasteiger partial charge in [0.15, 0.2) is 0 Å². The molecule has 1 aromatic rings. The van der Waals surface area contributed by atoms with Crippen LogP contribution in [-0.2, 0) is 0 Å². The van der Waals surface area contributed by atoms with Gasteiger partial charge in [0.1, 0.15) is 0 Å². The Morgan fingerprint density at radius 3 is 2.29 bits per heavy atom. The van der Waals surface area contributed by atoms with Gasteiger partial charge in [-0.25, -0.2) is 0 Å². The van der Waals surface area contributed by atoms with E-state index in [1.165, 1.54) is 18.7 Å². The predicted molar refractivity (Wildman–Crippen MR) is 63.1 cm³/mol. The third-order valence-electron chi connectivity index (χ3n) is 2.86. The van der Waals surface area contributed by atoms with Crippen LogP contribution in [0.2, 0.25) is 0 Å². The quantitative estimate of drug-likeness (QED) is 0.676. The Hall–Kier alpha value is -0.548. The van der Waals surface area contributed by atoms with Crippen molar-refractivity contribution in [2.75, 3.05) is 13.1 Å². The van der Waals surface area contributed by atoms with Gasteiger partial charge in [0.2, 0.25) is 0 Å². The SMILES string of the molecule is CC[N](CC)[Al]1[CH]=[C]1c1ccccc1. The second-order valence-corrected chi connectivity index (χ2v) is 6.23. The lowest BCUT2D eigenvalue weighted by Crippen LogP contribution is -2.31. The minimum absolute atomic E-state index is 0.752. The standard InChI is InChI=1S/C8H6.C4H10N.Al/c1-2-8-6-4-3-5-7-8;1-3-5-4-2;/h1,3-7H;3-4H2,1-2H3;/q;-1;+1. The molecule has 1 aliphatic rings. The van der Waals surface area contributed by atoms with Crippen molar-refractivity contribution in [1.82, 2.24) is 3.88 Å². The Morgan fingerprint density at radius 1 is 1.07 bits per heavy atom. The smallest absolute Gasteiger partial charge is 0.378 e. The molecule has 14 heavy (non-hydrogen) atoms. The summed E-state index contributed by atoms with van der Waals surface area (Å²) in [6.45, 7) is 6.90. The van der Waals surface area contributed by atoms with Gasteiger partial charge in [-0.05, 0) is 18.7 Å². The summed E-state index contributed by atoms with van der Waals surface area (Å²) < 4.78 is 4.25. The second-order valence-electron chi connectivity index (χ2n) is 3.65. The first-order valence-corrected chi connectivity index (χ1v) is 7.14. The molecule has 1 heterocycles. The molecule has 2 rings (SSSR count). The minimum atomic E-state index is -0.752. The van der Waals surface area contributed by atoms with E-state index in [1.807, 2.05) is 0 Å². The molecule has 0 saturated heterocycles. The van der Waals surface area contributed by atoms with Crippen LogP contribution in [0.4, 0.5) is 0 Å². The molecule has 0 radical (unpaired) electrons. The summed E-state index contributed by atoms with van der Waals surface area (Å²) in [5, 5.41) is 0. The van der Waals surface area contributed by atoms with E-state index in [9.17, 15) is 0 Å². The largest absolute Gasteiger partial charge is 0.444 e. The molecule has 2 heteroatoms. The first kappa shape index (κ1) is 9.99. The van der Waals surface area contributed by atoms with Gasteiger partial charge >= 0.3 is 14.4 Å². The molecule has 0 N–H and O–H groups in total. The van der Waals surface area contributed by atoms with Crippen LogP contribution in [0.3, 0.4) is 0 Å². The van der Waals surface area contributed by atoms with Crippen LogP contribution in [0, 0.1) is 0 Å². The molecule has 0 aromatic heterocycles. The van der Waals surface area contributed by atoms with Crippen molar-refractivity contribution in [3.05, 3.63) is 40.8 Å². The maximum Gasteiger partial charge on any atom is 0.444 e. The lowest BCUT2D eigenvalue weighted by molar-refractivity contribution is 0.494. The molecule has 1 aliphatic heterocycles. The highest BCUT2D eigenvalue weighted by Gasteiger charge is 2.38. The number of benzene rings is 1. The van der Waals surface area contributed by atoms with Crippen LogP contribution in [0.5, 0.6) is 0 Å². The van der Waals surface area contributed by atoms with Gasteiger partial charge < -0.3 is 3.88 Å². The molecular formula is C12H16AlN. The van der Waals surface area contributed by atoms with E-state index in [-0.39, 0.29) is 0 Å². The average Bonchev–Trinajstić information content (AvgIpc) is 3.01. The molecule has 0 atom stereocenters. The second kappa shape index (κ2) is 4.32. The van der Waals surface area contributed by atoms with Crippen molar-refractivity contribution in [3.8, 4) is 0 Å². The highest BCUT2D eigenvalue weighted by atomic mass is 27.2. The molecule has 0 saturated carbocycles. The van der Waals surface area contributed by atoms with Crippen molar-refractivity contribution >= 4 is 18.8 Å². The van der Waals surface area contributed by atoms with Crippen LogP contribution in [0.15, 0.2) is 35.3 Å². The molecule has 1 aromatic carbocycles. The summed E-state index contributed by atoms with van der Waals surface area (Å²) in [6, 6.07) is 10.8. The van der Waals surface area contributed by atoms with Crippen molar-refractivity contribution in [2.45, 2.75) is 13.8 Å². The molecule has 0 spiro atoms. The number of hydrogen-bond acceptors (Lipinski definition) is 1. The minimum Gasteiger partial charge on any atom is -0.378 e. The fourth-order valence-corrected chi connectivity index (χ4v) is 4.56. The van der Waals surface area contributed by atoms with E-state index in [0.29, 0.717) is 0 Å². The van der Waals surface area contributed by atoms with Gasteiger partial charge in [0.25, 0.3) is 0 Å². The third kappa shape index (κ3) is 1.93. The Bertz CT molecular complexity index is 327. The van der Waals surface area contributed by atoms with Crippen molar-refractivity contribution < 1.29 is 0 Å². The molecule has 0 bridgehead atoms. The zero-order chi connectivity index (χ0) is 9.97. The molecule has 0 unspecified atom stereocenters. The first-order valence-electron chi connectivity index (χ1n) is 5.38. The van der Waals surface area contributed by atoms with E-state index < -0.39 is 14.4 Å². The normalized spacial score (nSPS) is 14.5. The molecular weight excluding hydrogens is 185 g/mol. The number of hydrogen-bond donors (Lipinski definition) is 0. The van der Waals surface area contributed by atoms with Gasteiger partial charge in [0.05, 0.1) is 0 Å². The molecule has 1 nitrogen and oxygen atoms in total. The molecule has 72 valence electrons. The van der Waals surface area contributed by atoms with Gasteiger partial charge in [-0.15, -0.1) is 4.94 Å². The predicted octanol–water partition coefficient (Wildman–Crippen LogP) is 2.50. The zero-order valence-electron chi connectivity index (χ0n) is 8.90. The van der Waals surface area contributed by atoms with Crippen LogP contribution in [0.1, 0.15) is 19.4 Å². The van der Waals surface area contributed by atoms with Gasteiger partial charge in [-0.2, -0.15) is 0 Å². The summed E-state index contributed by atoms with van der Waals surface area (Å²) in [5.74, 6) is 0. The van der Waals surface area contributed by atoms with Gasteiger partial charge in [-0.3, -0.25) is 0 Å². The van der Waals surface area contributed by atoms with E-state index in [2.05, 4.69) is 53.0 Å². The third-order valence-corrected chi connectivity index (χ3v) is 5.80. The molecule has 0 amide bonds. The number of rotatable bonds is 4. The fourth-order valence-electron chi connectivity index (χ4n) is 1.94. The Morgan fingerprint density at radius 2 is 1.71 bits per heavy atom. The van der Waals surface area contributed by atoms with E-state index in [1.54, 1.807) is 4.44 Å².